The van der Waals surface area contributed by atoms with Crippen LogP contribution in [0.1, 0.15) is 16.1 Å². The zero-order valence-electron chi connectivity index (χ0n) is 18.0. The number of aromatic nitrogens is 4. The standard InChI is InChI=1S/C23H20ClFN6O2/c1-30-9-10-33-12-13-3-4-14(24)20(25)21(13)28-17-7-8-26-16-6-5-15(27-22(16)17)18-11-19(23(30)32)31(2)29-18/h3-8,11,28H,9-10,12H2,1-2H3. The van der Waals surface area contributed by atoms with Gasteiger partial charge in [0.25, 0.3) is 5.91 Å². The smallest absolute Gasteiger partial charge is 0.271 e. The molecule has 5 rings (SSSR count). The van der Waals surface area contributed by atoms with Crippen molar-refractivity contribution in [3.05, 3.63) is 64.7 Å². The molecule has 4 aromatic rings. The van der Waals surface area contributed by atoms with Crippen molar-refractivity contribution in [3.8, 4) is 11.4 Å². The number of carbonyl (C=O) groups excluding carboxylic acids is 1. The van der Waals surface area contributed by atoms with Crippen molar-refractivity contribution in [3.63, 3.8) is 0 Å². The number of benzene rings is 1. The van der Waals surface area contributed by atoms with Gasteiger partial charge in [0.15, 0.2) is 5.82 Å². The van der Waals surface area contributed by atoms with Crippen LogP contribution in [0.15, 0.2) is 42.6 Å². The fraction of sp³-hybridized carbons (Fsp3) is 0.217. The van der Waals surface area contributed by atoms with E-state index < -0.39 is 5.82 Å². The molecule has 10 heteroatoms. The number of amides is 1. The summed E-state index contributed by atoms with van der Waals surface area (Å²) in [6, 6.07) is 10.2. The molecule has 1 aliphatic rings. The summed E-state index contributed by atoms with van der Waals surface area (Å²) >= 11 is 6.06. The molecule has 0 atom stereocenters. The lowest BCUT2D eigenvalue weighted by atomic mass is 10.1. The molecule has 1 N–H and O–H groups in total. The van der Waals surface area contributed by atoms with Crippen molar-refractivity contribution < 1.29 is 13.9 Å². The van der Waals surface area contributed by atoms with Gasteiger partial charge in [-0.2, -0.15) is 5.10 Å². The highest BCUT2D eigenvalue weighted by Crippen LogP contribution is 2.33. The second-order valence-electron chi connectivity index (χ2n) is 7.76. The number of halogens is 2. The van der Waals surface area contributed by atoms with Crippen molar-refractivity contribution in [1.29, 1.82) is 0 Å². The molecule has 4 bridgehead atoms. The Morgan fingerprint density at radius 3 is 2.85 bits per heavy atom. The lowest BCUT2D eigenvalue weighted by Crippen LogP contribution is -2.31. The third-order valence-electron chi connectivity index (χ3n) is 5.56. The Bertz CT molecular complexity index is 1390. The second kappa shape index (κ2) is 8.42. The van der Waals surface area contributed by atoms with Gasteiger partial charge in [-0.15, -0.1) is 0 Å². The first-order valence-electron chi connectivity index (χ1n) is 10.3. The predicted octanol–water partition coefficient (Wildman–Crippen LogP) is 4.17. The molecule has 0 saturated heterocycles. The number of rotatable bonds is 0. The minimum Gasteiger partial charge on any atom is -0.375 e. The van der Waals surface area contributed by atoms with Crippen molar-refractivity contribution >= 4 is 39.9 Å². The number of aryl methyl sites for hydroxylation is 1. The molecule has 1 aromatic carbocycles. The van der Waals surface area contributed by atoms with E-state index in [0.717, 1.165) is 0 Å². The van der Waals surface area contributed by atoms with Gasteiger partial charge in [-0.1, -0.05) is 17.7 Å². The van der Waals surface area contributed by atoms with Crippen LogP contribution in [-0.2, 0) is 18.4 Å². The lowest BCUT2D eigenvalue weighted by Gasteiger charge is -2.18. The molecule has 4 heterocycles. The topological polar surface area (TPSA) is 85.2 Å². The lowest BCUT2D eigenvalue weighted by molar-refractivity contribution is 0.0662. The number of carbonyl (C=O) groups is 1. The summed E-state index contributed by atoms with van der Waals surface area (Å²) in [5, 5.41) is 7.62. The van der Waals surface area contributed by atoms with Crippen LogP contribution in [0, 0.1) is 5.82 Å². The number of pyridine rings is 2. The Balaban J connectivity index is 1.70. The summed E-state index contributed by atoms with van der Waals surface area (Å²) in [6.45, 7) is 0.767. The third-order valence-corrected chi connectivity index (χ3v) is 5.85. The highest BCUT2D eigenvalue weighted by atomic mass is 35.5. The summed E-state index contributed by atoms with van der Waals surface area (Å²) < 4.78 is 22.3. The zero-order chi connectivity index (χ0) is 23.1. The summed E-state index contributed by atoms with van der Waals surface area (Å²) in [5.41, 5.74) is 4.06. The molecule has 0 saturated carbocycles. The second-order valence-corrected chi connectivity index (χ2v) is 8.17. The maximum Gasteiger partial charge on any atom is 0.271 e. The summed E-state index contributed by atoms with van der Waals surface area (Å²) in [6.07, 6.45) is 1.62. The number of nitrogens with one attached hydrogen (secondary N) is 1. The summed E-state index contributed by atoms with van der Waals surface area (Å²) in [7, 11) is 3.41. The van der Waals surface area contributed by atoms with Crippen LogP contribution in [0.5, 0.6) is 0 Å². The van der Waals surface area contributed by atoms with Crippen molar-refractivity contribution in [1.82, 2.24) is 24.6 Å². The van der Waals surface area contributed by atoms with Gasteiger partial charge in [-0.3, -0.25) is 14.5 Å². The van der Waals surface area contributed by atoms with E-state index in [-0.39, 0.29) is 29.8 Å². The van der Waals surface area contributed by atoms with Gasteiger partial charge in [0, 0.05) is 32.4 Å². The van der Waals surface area contributed by atoms with Gasteiger partial charge in [-0.05, 0) is 30.3 Å². The molecule has 33 heavy (non-hydrogen) atoms. The first kappa shape index (κ1) is 21.3. The van der Waals surface area contributed by atoms with Crippen LogP contribution in [-0.4, -0.2) is 50.8 Å². The van der Waals surface area contributed by atoms with Crippen molar-refractivity contribution in [2.75, 3.05) is 25.5 Å². The predicted molar refractivity (Wildman–Crippen MR) is 123 cm³/mol. The molecule has 3 aromatic heterocycles. The Kier molecular flexibility index (Phi) is 5.43. The third kappa shape index (κ3) is 3.90. The van der Waals surface area contributed by atoms with Crippen LogP contribution in [0.3, 0.4) is 0 Å². The Hall–Kier alpha value is -3.56. The van der Waals surface area contributed by atoms with Crippen LogP contribution in [0.25, 0.3) is 22.4 Å². The van der Waals surface area contributed by atoms with Gasteiger partial charge in [-0.25, -0.2) is 9.37 Å². The minimum absolute atomic E-state index is 0.00555. The fourth-order valence-electron chi connectivity index (χ4n) is 3.72. The van der Waals surface area contributed by atoms with Gasteiger partial charge < -0.3 is 15.0 Å². The average Bonchev–Trinajstić information content (AvgIpc) is 3.21. The number of hydrogen-bond acceptors (Lipinski definition) is 6. The van der Waals surface area contributed by atoms with Gasteiger partial charge in [0.1, 0.15) is 16.9 Å². The monoisotopic (exact) mass is 466 g/mol. The minimum atomic E-state index is -0.582. The van der Waals surface area contributed by atoms with E-state index in [4.69, 9.17) is 21.3 Å². The van der Waals surface area contributed by atoms with Gasteiger partial charge in [0.05, 0.1) is 40.8 Å². The Morgan fingerprint density at radius 1 is 1.15 bits per heavy atom. The SMILES string of the molecule is CN1CCOCc2ccc(Cl)c(F)c2Nc2ccnc3ccc(nc23)-c2cc(n(C)n2)C1=O. The molecule has 1 aliphatic heterocycles. The van der Waals surface area contributed by atoms with E-state index in [1.165, 1.54) is 10.7 Å². The molecule has 0 aliphatic carbocycles. The van der Waals surface area contributed by atoms with Crippen molar-refractivity contribution in [2.24, 2.45) is 7.05 Å². The summed E-state index contributed by atoms with van der Waals surface area (Å²) in [4.78, 5) is 23.6. The Labute approximate surface area is 194 Å². The first-order valence-corrected chi connectivity index (χ1v) is 10.7. The van der Waals surface area contributed by atoms with Crippen molar-refractivity contribution in [2.45, 2.75) is 6.61 Å². The first-order chi connectivity index (χ1) is 15.9. The van der Waals surface area contributed by atoms with Crippen LogP contribution < -0.4 is 5.32 Å². The highest BCUT2D eigenvalue weighted by Gasteiger charge is 2.20. The van der Waals surface area contributed by atoms with Crippen LogP contribution in [0.4, 0.5) is 15.8 Å². The maximum atomic E-state index is 15.0. The number of hydrogen-bond donors (Lipinski definition) is 1. The molecular weight excluding hydrogens is 447 g/mol. The fourth-order valence-corrected chi connectivity index (χ4v) is 3.88. The van der Waals surface area contributed by atoms with E-state index in [9.17, 15) is 4.79 Å². The van der Waals surface area contributed by atoms with Crippen LogP contribution >= 0.6 is 11.6 Å². The van der Waals surface area contributed by atoms with E-state index in [1.54, 1.807) is 49.5 Å². The molecule has 1 amide bonds. The molecule has 0 spiro atoms. The van der Waals surface area contributed by atoms with E-state index in [2.05, 4.69) is 15.4 Å². The normalized spacial score (nSPS) is 14.4. The largest absolute Gasteiger partial charge is 0.375 e. The Morgan fingerprint density at radius 2 is 2.00 bits per heavy atom. The molecule has 8 nitrogen and oxygen atoms in total. The van der Waals surface area contributed by atoms with Gasteiger partial charge in [0.2, 0.25) is 0 Å². The molecule has 0 fully saturated rings. The maximum absolute atomic E-state index is 15.0. The molecular formula is C23H20ClFN6O2. The molecule has 0 unspecified atom stereocenters. The average molecular weight is 467 g/mol. The van der Waals surface area contributed by atoms with Gasteiger partial charge >= 0.3 is 0 Å². The molecule has 168 valence electrons. The number of fused-ring (bicyclic) bond motifs is 5. The van der Waals surface area contributed by atoms with E-state index in [1.807, 2.05) is 6.07 Å². The van der Waals surface area contributed by atoms with E-state index in [0.29, 0.717) is 45.9 Å². The zero-order valence-corrected chi connectivity index (χ0v) is 18.7. The number of ether oxygens (including phenoxy) is 1. The number of nitrogens with zero attached hydrogens (tertiary/aromatic N) is 5. The van der Waals surface area contributed by atoms with Crippen LogP contribution in [0.2, 0.25) is 5.02 Å². The number of likely N-dealkylation sites (N-methyl/N-ethyl adjacent to an activating group) is 1. The number of anilines is 2. The molecule has 0 radical (unpaired) electrons. The summed E-state index contributed by atoms with van der Waals surface area (Å²) in [5.74, 6) is -0.767. The van der Waals surface area contributed by atoms with E-state index >= 15 is 4.39 Å². The highest BCUT2D eigenvalue weighted by molar-refractivity contribution is 6.31. The quantitative estimate of drug-likeness (QED) is 0.418.